The van der Waals surface area contributed by atoms with Crippen molar-refractivity contribution in [3.8, 4) is 0 Å². The van der Waals surface area contributed by atoms with Crippen molar-refractivity contribution in [2.75, 3.05) is 25.0 Å². The third-order valence-electron chi connectivity index (χ3n) is 4.85. The van der Waals surface area contributed by atoms with E-state index in [-0.39, 0.29) is 24.3 Å². The van der Waals surface area contributed by atoms with Gasteiger partial charge in [0.2, 0.25) is 5.91 Å². The smallest absolute Gasteiger partial charge is 0.322 e. The average Bonchev–Trinajstić information content (AvgIpc) is 3.12. The van der Waals surface area contributed by atoms with E-state index in [0.717, 1.165) is 27.2 Å². The van der Waals surface area contributed by atoms with E-state index in [2.05, 4.69) is 17.2 Å². The van der Waals surface area contributed by atoms with Crippen molar-refractivity contribution < 1.29 is 14.0 Å². The first-order valence-electron chi connectivity index (χ1n) is 9.49. The number of carbonyl (C=O) groups is 2. The van der Waals surface area contributed by atoms with Crippen LogP contribution in [0, 0.1) is 5.82 Å². The highest BCUT2D eigenvalue weighted by atomic mass is 32.1. The first-order valence-corrected chi connectivity index (χ1v) is 10.3. The third-order valence-corrected chi connectivity index (χ3v) is 6.02. The lowest BCUT2D eigenvalue weighted by molar-refractivity contribution is -0.135. The Morgan fingerprint density at radius 2 is 2.10 bits per heavy atom. The lowest BCUT2D eigenvalue weighted by atomic mass is 10.2. The fourth-order valence-corrected chi connectivity index (χ4v) is 4.25. The molecule has 3 aromatic rings. The third kappa shape index (κ3) is 4.37. The Bertz CT molecular complexity index is 1070. The van der Waals surface area contributed by atoms with Crippen molar-refractivity contribution >= 4 is 39.2 Å². The first kappa shape index (κ1) is 19.3. The number of aryl methyl sites for hydroxylation is 1. The van der Waals surface area contributed by atoms with Crippen molar-refractivity contribution in [1.29, 1.82) is 0 Å². The topological polar surface area (TPSA) is 65.5 Å². The molecule has 0 bridgehead atoms. The predicted octanol–water partition coefficient (Wildman–Crippen LogP) is 3.87. The first-order chi connectivity index (χ1) is 14.0. The molecule has 0 aliphatic carbocycles. The fraction of sp³-hybridized carbons (Fsp3) is 0.286. The molecule has 29 heavy (non-hydrogen) atoms. The second-order valence-corrected chi connectivity index (χ2v) is 8.06. The van der Waals surface area contributed by atoms with Crippen LogP contribution >= 0.6 is 11.3 Å². The van der Waals surface area contributed by atoms with Gasteiger partial charge >= 0.3 is 6.03 Å². The molecule has 1 aliphatic heterocycles. The number of hydrogen-bond acceptors (Lipinski definition) is 4. The van der Waals surface area contributed by atoms with Crippen LogP contribution in [-0.2, 0) is 17.8 Å². The summed E-state index contributed by atoms with van der Waals surface area (Å²) in [5.74, 6) is -0.474. The van der Waals surface area contributed by atoms with Crippen molar-refractivity contribution in [2.45, 2.75) is 19.9 Å². The number of carbonyl (C=O) groups excluding carboxylic acids is 2. The minimum absolute atomic E-state index is 0.00390. The van der Waals surface area contributed by atoms with E-state index in [1.54, 1.807) is 28.4 Å². The highest BCUT2D eigenvalue weighted by Gasteiger charge is 2.27. The van der Waals surface area contributed by atoms with E-state index >= 15 is 0 Å². The number of aromatic nitrogens is 1. The molecule has 1 fully saturated rings. The maximum Gasteiger partial charge on any atom is 0.322 e. The standard InChI is InChI=1S/C21H21FN4O2S/c1-2-19-24-17-7-6-16(11-18(17)29-19)23-21(28)26-9-8-25(20(27)13-26)12-14-4-3-5-15(22)10-14/h3-7,10-11H,2,8-9,12-13H2,1H3,(H,23,28). The van der Waals surface area contributed by atoms with Gasteiger partial charge in [-0.1, -0.05) is 19.1 Å². The number of nitrogens with zero attached hydrogens (tertiary/aromatic N) is 3. The van der Waals surface area contributed by atoms with Crippen LogP contribution in [0.15, 0.2) is 42.5 Å². The van der Waals surface area contributed by atoms with Gasteiger partial charge in [-0.05, 0) is 42.3 Å². The van der Waals surface area contributed by atoms with Crippen LogP contribution in [0.3, 0.4) is 0 Å². The van der Waals surface area contributed by atoms with Gasteiger partial charge in [0.1, 0.15) is 12.4 Å². The molecule has 1 saturated heterocycles. The largest absolute Gasteiger partial charge is 0.335 e. The Hall–Kier alpha value is -3.00. The van der Waals surface area contributed by atoms with Gasteiger partial charge in [0, 0.05) is 25.3 Å². The zero-order valence-electron chi connectivity index (χ0n) is 16.0. The molecule has 4 rings (SSSR count). The number of hydrogen-bond donors (Lipinski definition) is 1. The van der Waals surface area contributed by atoms with E-state index in [9.17, 15) is 14.0 Å². The molecule has 2 aromatic carbocycles. The summed E-state index contributed by atoms with van der Waals surface area (Å²) in [6, 6.07) is 11.5. The molecule has 8 heteroatoms. The number of rotatable bonds is 4. The molecule has 0 spiro atoms. The number of urea groups is 1. The van der Waals surface area contributed by atoms with Gasteiger partial charge in [-0.2, -0.15) is 0 Å². The van der Waals surface area contributed by atoms with Crippen LogP contribution < -0.4 is 5.32 Å². The SMILES string of the molecule is CCc1nc2ccc(NC(=O)N3CCN(Cc4cccc(F)c4)C(=O)C3)cc2s1. The van der Waals surface area contributed by atoms with Gasteiger partial charge in [0.15, 0.2) is 0 Å². The average molecular weight is 412 g/mol. The predicted molar refractivity (Wildman–Crippen MR) is 111 cm³/mol. The van der Waals surface area contributed by atoms with E-state index in [1.807, 2.05) is 18.2 Å². The summed E-state index contributed by atoms with van der Waals surface area (Å²) in [5.41, 5.74) is 2.34. The van der Waals surface area contributed by atoms with Crippen LogP contribution in [0.2, 0.25) is 0 Å². The Kier molecular flexibility index (Phi) is 5.44. The summed E-state index contributed by atoms with van der Waals surface area (Å²) in [5, 5.41) is 3.93. The molecule has 0 atom stereocenters. The van der Waals surface area contributed by atoms with Crippen LogP contribution in [0.1, 0.15) is 17.5 Å². The van der Waals surface area contributed by atoms with E-state index in [4.69, 9.17) is 0 Å². The summed E-state index contributed by atoms with van der Waals surface area (Å²) in [7, 11) is 0. The van der Waals surface area contributed by atoms with Crippen LogP contribution in [0.4, 0.5) is 14.9 Å². The summed E-state index contributed by atoms with van der Waals surface area (Å²) < 4.78 is 14.4. The number of amides is 3. The van der Waals surface area contributed by atoms with Gasteiger partial charge in [-0.3, -0.25) is 4.79 Å². The Morgan fingerprint density at radius 3 is 2.86 bits per heavy atom. The Labute approximate surface area is 172 Å². The van der Waals surface area contributed by atoms with Crippen molar-refractivity contribution in [3.05, 3.63) is 58.9 Å². The van der Waals surface area contributed by atoms with E-state index in [1.165, 1.54) is 17.0 Å². The Balaban J connectivity index is 1.37. The summed E-state index contributed by atoms with van der Waals surface area (Å²) in [6.45, 7) is 3.25. The second-order valence-electron chi connectivity index (χ2n) is 6.94. The number of anilines is 1. The molecule has 2 heterocycles. The quantitative estimate of drug-likeness (QED) is 0.707. The highest BCUT2D eigenvalue weighted by Crippen LogP contribution is 2.26. The number of nitrogens with one attached hydrogen (secondary N) is 1. The summed E-state index contributed by atoms with van der Waals surface area (Å²) >= 11 is 1.61. The summed E-state index contributed by atoms with van der Waals surface area (Å²) in [6.07, 6.45) is 0.878. The van der Waals surface area contributed by atoms with Gasteiger partial charge in [-0.15, -0.1) is 11.3 Å². The van der Waals surface area contributed by atoms with Crippen LogP contribution in [0.5, 0.6) is 0 Å². The van der Waals surface area contributed by atoms with Gasteiger partial charge in [-0.25, -0.2) is 14.2 Å². The second kappa shape index (κ2) is 8.16. The molecule has 0 saturated carbocycles. The minimum Gasteiger partial charge on any atom is -0.335 e. The lowest BCUT2D eigenvalue weighted by Gasteiger charge is -2.34. The van der Waals surface area contributed by atoms with Gasteiger partial charge in [0.05, 0.1) is 15.2 Å². The zero-order valence-corrected chi connectivity index (χ0v) is 16.8. The van der Waals surface area contributed by atoms with Crippen LogP contribution in [-0.4, -0.2) is 46.4 Å². The monoisotopic (exact) mass is 412 g/mol. The molecule has 150 valence electrons. The minimum atomic E-state index is -0.322. The molecule has 1 N–H and O–H groups in total. The number of fused-ring (bicyclic) bond motifs is 1. The fourth-order valence-electron chi connectivity index (χ4n) is 3.31. The summed E-state index contributed by atoms with van der Waals surface area (Å²) in [4.78, 5) is 32.7. The maximum atomic E-state index is 13.3. The lowest BCUT2D eigenvalue weighted by Crippen LogP contribution is -2.52. The molecule has 0 unspecified atom stereocenters. The van der Waals surface area contributed by atoms with E-state index < -0.39 is 0 Å². The molecule has 0 radical (unpaired) electrons. The van der Waals surface area contributed by atoms with Crippen molar-refractivity contribution in [3.63, 3.8) is 0 Å². The molecule has 1 aromatic heterocycles. The number of piperazine rings is 1. The Morgan fingerprint density at radius 1 is 1.24 bits per heavy atom. The van der Waals surface area contributed by atoms with Gasteiger partial charge < -0.3 is 15.1 Å². The number of halogens is 1. The van der Waals surface area contributed by atoms with Crippen molar-refractivity contribution in [1.82, 2.24) is 14.8 Å². The molecular formula is C21H21FN4O2S. The molecule has 3 amide bonds. The molecule has 1 aliphatic rings. The van der Waals surface area contributed by atoms with E-state index in [0.29, 0.717) is 25.3 Å². The normalized spacial score (nSPS) is 14.5. The highest BCUT2D eigenvalue weighted by molar-refractivity contribution is 7.18. The van der Waals surface area contributed by atoms with Crippen LogP contribution in [0.25, 0.3) is 10.2 Å². The number of thiazole rings is 1. The van der Waals surface area contributed by atoms with Gasteiger partial charge in [0.25, 0.3) is 0 Å². The van der Waals surface area contributed by atoms with Crippen molar-refractivity contribution in [2.24, 2.45) is 0 Å². The number of benzene rings is 2. The molecule has 6 nitrogen and oxygen atoms in total. The molecular weight excluding hydrogens is 391 g/mol. The maximum absolute atomic E-state index is 13.3. The zero-order chi connectivity index (χ0) is 20.4.